The fourth-order valence-electron chi connectivity index (χ4n) is 2.62. The topological polar surface area (TPSA) is 52.9 Å². The highest BCUT2D eigenvalue weighted by Gasteiger charge is 2.25. The lowest BCUT2D eigenvalue weighted by atomic mass is 9.96. The van der Waals surface area contributed by atoms with Gasteiger partial charge in [0.25, 0.3) is 0 Å². The van der Waals surface area contributed by atoms with Gasteiger partial charge in [0.1, 0.15) is 0 Å². The number of ether oxygens (including phenoxy) is 1. The van der Waals surface area contributed by atoms with Crippen LogP contribution in [0.1, 0.15) is 18.9 Å². The summed E-state index contributed by atoms with van der Waals surface area (Å²) in [6.07, 6.45) is 0.123. The summed E-state index contributed by atoms with van der Waals surface area (Å²) in [5.74, 6) is 0.279. The summed E-state index contributed by atoms with van der Waals surface area (Å²) in [4.78, 5) is 2.20. The van der Waals surface area contributed by atoms with Crippen LogP contribution in [0.3, 0.4) is 0 Å². The molecular weight excluding hydrogens is 254 g/mol. The standard InChI is InChI=1S/C16H25NO3/c1-13-9-17(8-7-16(13)19)10-15(18)12-20-11-14-5-3-2-4-6-14/h2-6,13,15-16,18-19H,7-12H2,1H3. The second-order valence-electron chi connectivity index (χ2n) is 5.75. The lowest BCUT2D eigenvalue weighted by molar-refractivity contribution is -0.0159. The second-order valence-corrected chi connectivity index (χ2v) is 5.75. The van der Waals surface area contributed by atoms with Crippen LogP contribution in [0.25, 0.3) is 0 Å². The third-order valence-corrected chi connectivity index (χ3v) is 3.83. The normalized spacial score (nSPS) is 25.6. The summed E-state index contributed by atoms with van der Waals surface area (Å²) in [6.45, 7) is 5.24. The molecule has 0 aromatic heterocycles. The number of nitrogens with zero attached hydrogens (tertiary/aromatic N) is 1. The van der Waals surface area contributed by atoms with Gasteiger partial charge in [-0.25, -0.2) is 0 Å². The highest BCUT2D eigenvalue weighted by Crippen LogP contribution is 2.16. The minimum absolute atomic E-state index is 0.197. The number of hydrogen-bond donors (Lipinski definition) is 2. The molecule has 20 heavy (non-hydrogen) atoms. The van der Waals surface area contributed by atoms with Crippen LogP contribution in [0.15, 0.2) is 30.3 Å². The van der Waals surface area contributed by atoms with E-state index in [9.17, 15) is 10.2 Å². The van der Waals surface area contributed by atoms with E-state index in [-0.39, 0.29) is 12.0 Å². The first kappa shape index (κ1) is 15.4. The van der Waals surface area contributed by atoms with Gasteiger partial charge in [-0.1, -0.05) is 37.3 Å². The first-order valence-corrected chi connectivity index (χ1v) is 7.35. The van der Waals surface area contributed by atoms with Crippen molar-refractivity contribution in [1.29, 1.82) is 0 Å². The average Bonchev–Trinajstić information content (AvgIpc) is 2.44. The third kappa shape index (κ3) is 4.87. The van der Waals surface area contributed by atoms with E-state index in [1.54, 1.807) is 0 Å². The van der Waals surface area contributed by atoms with Gasteiger partial charge in [-0.3, -0.25) is 0 Å². The highest BCUT2D eigenvalue weighted by molar-refractivity contribution is 5.13. The van der Waals surface area contributed by atoms with Crippen LogP contribution in [-0.4, -0.2) is 53.6 Å². The van der Waals surface area contributed by atoms with Crippen molar-refractivity contribution < 1.29 is 14.9 Å². The van der Waals surface area contributed by atoms with Crippen LogP contribution >= 0.6 is 0 Å². The molecule has 3 unspecified atom stereocenters. The molecule has 4 nitrogen and oxygen atoms in total. The molecule has 1 aliphatic heterocycles. The Morgan fingerprint density at radius 1 is 1.35 bits per heavy atom. The molecule has 0 aliphatic carbocycles. The van der Waals surface area contributed by atoms with Crippen molar-refractivity contribution in [1.82, 2.24) is 4.90 Å². The van der Waals surface area contributed by atoms with Gasteiger partial charge >= 0.3 is 0 Å². The SMILES string of the molecule is CC1CN(CC(O)COCc2ccccc2)CCC1O. The van der Waals surface area contributed by atoms with Crippen LogP contribution in [0.2, 0.25) is 0 Å². The average molecular weight is 279 g/mol. The van der Waals surface area contributed by atoms with Crippen LogP contribution in [0.4, 0.5) is 0 Å². The van der Waals surface area contributed by atoms with Crippen molar-refractivity contribution in [3.63, 3.8) is 0 Å². The molecule has 2 N–H and O–H groups in total. The van der Waals surface area contributed by atoms with E-state index in [1.807, 2.05) is 30.3 Å². The van der Waals surface area contributed by atoms with Crippen molar-refractivity contribution in [3.8, 4) is 0 Å². The number of aliphatic hydroxyl groups is 2. The predicted molar refractivity (Wildman–Crippen MR) is 78.3 cm³/mol. The number of benzene rings is 1. The molecule has 0 amide bonds. The number of aliphatic hydroxyl groups excluding tert-OH is 2. The number of β-amino-alcohol motifs (C(OH)–C–C–N with tert-alkyl or cyclic N) is 1. The number of piperidine rings is 1. The van der Waals surface area contributed by atoms with Crippen LogP contribution in [-0.2, 0) is 11.3 Å². The Balaban J connectivity index is 1.64. The van der Waals surface area contributed by atoms with E-state index in [4.69, 9.17) is 4.74 Å². The molecule has 1 heterocycles. The molecule has 112 valence electrons. The molecule has 0 spiro atoms. The smallest absolute Gasteiger partial charge is 0.0900 e. The molecule has 3 atom stereocenters. The van der Waals surface area contributed by atoms with E-state index in [1.165, 1.54) is 0 Å². The van der Waals surface area contributed by atoms with Crippen molar-refractivity contribution in [2.24, 2.45) is 5.92 Å². The first-order valence-electron chi connectivity index (χ1n) is 7.35. The second kappa shape index (κ2) is 7.74. The summed E-state index contributed by atoms with van der Waals surface area (Å²) in [5, 5.41) is 19.7. The van der Waals surface area contributed by atoms with Gasteiger partial charge in [-0.2, -0.15) is 0 Å². The van der Waals surface area contributed by atoms with Gasteiger partial charge in [0.15, 0.2) is 0 Å². The molecule has 1 aliphatic rings. The van der Waals surface area contributed by atoms with Gasteiger partial charge < -0.3 is 19.8 Å². The summed E-state index contributed by atoms with van der Waals surface area (Å²) < 4.78 is 5.54. The van der Waals surface area contributed by atoms with Crippen LogP contribution in [0.5, 0.6) is 0 Å². The van der Waals surface area contributed by atoms with Gasteiger partial charge in [0.2, 0.25) is 0 Å². The van der Waals surface area contributed by atoms with E-state index >= 15 is 0 Å². The van der Waals surface area contributed by atoms with E-state index in [0.29, 0.717) is 19.8 Å². The maximum Gasteiger partial charge on any atom is 0.0900 e. The van der Waals surface area contributed by atoms with Crippen LogP contribution in [0, 0.1) is 5.92 Å². The van der Waals surface area contributed by atoms with Gasteiger partial charge in [-0.15, -0.1) is 0 Å². The molecule has 1 aromatic rings. The van der Waals surface area contributed by atoms with E-state index < -0.39 is 6.10 Å². The molecule has 0 bridgehead atoms. The monoisotopic (exact) mass is 279 g/mol. The Labute approximate surface area is 121 Å². The van der Waals surface area contributed by atoms with E-state index in [0.717, 1.165) is 25.1 Å². The van der Waals surface area contributed by atoms with E-state index in [2.05, 4.69) is 11.8 Å². The Bertz CT molecular complexity index is 385. The molecule has 4 heteroatoms. The molecule has 1 aromatic carbocycles. The minimum atomic E-state index is -0.471. The van der Waals surface area contributed by atoms with Crippen molar-refractivity contribution in [2.45, 2.75) is 32.2 Å². The summed E-state index contributed by atoms with van der Waals surface area (Å²) in [7, 11) is 0. The predicted octanol–water partition coefficient (Wildman–Crippen LogP) is 1.27. The minimum Gasteiger partial charge on any atom is -0.393 e. The quantitative estimate of drug-likeness (QED) is 0.823. The highest BCUT2D eigenvalue weighted by atomic mass is 16.5. The number of rotatable bonds is 6. The van der Waals surface area contributed by atoms with Crippen LogP contribution < -0.4 is 0 Å². The maximum absolute atomic E-state index is 10.0. The third-order valence-electron chi connectivity index (χ3n) is 3.83. The van der Waals surface area contributed by atoms with Crippen molar-refractivity contribution in [2.75, 3.05) is 26.2 Å². The maximum atomic E-state index is 10.0. The largest absolute Gasteiger partial charge is 0.393 e. The lowest BCUT2D eigenvalue weighted by Gasteiger charge is -2.35. The zero-order chi connectivity index (χ0) is 14.4. The zero-order valence-electron chi connectivity index (χ0n) is 12.1. The Morgan fingerprint density at radius 2 is 2.10 bits per heavy atom. The van der Waals surface area contributed by atoms with Gasteiger partial charge in [-0.05, 0) is 17.9 Å². The van der Waals surface area contributed by atoms with Gasteiger partial charge in [0, 0.05) is 19.6 Å². The fraction of sp³-hybridized carbons (Fsp3) is 0.625. The Hall–Kier alpha value is -0.940. The molecular formula is C16H25NO3. The zero-order valence-corrected chi connectivity index (χ0v) is 12.1. The molecule has 0 radical (unpaired) electrons. The number of likely N-dealkylation sites (tertiary alicyclic amines) is 1. The Kier molecular flexibility index (Phi) is 5.98. The lowest BCUT2D eigenvalue weighted by Crippen LogP contribution is -2.45. The summed E-state index contributed by atoms with van der Waals surface area (Å²) in [6, 6.07) is 9.97. The summed E-state index contributed by atoms with van der Waals surface area (Å²) >= 11 is 0. The fourth-order valence-corrected chi connectivity index (χ4v) is 2.62. The molecule has 1 fully saturated rings. The molecule has 0 saturated carbocycles. The van der Waals surface area contributed by atoms with Gasteiger partial charge in [0.05, 0.1) is 25.4 Å². The summed E-state index contributed by atoms with van der Waals surface area (Å²) in [5.41, 5.74) is 1.12. The Morgan fingerprint density at radius 3 is 2.80 bits per heavy atom. The number of hydrogen-bond acceptors (Lipinski definition) is 4. The van der Waals surface area contributed by atoms with Crippen molar-refractivity contribution >= 4 is 0 Å². The molecule has 2 rings (SSSR count). The molecule has 1 saturated heterocycles. The first-order chi connectivity index (χ1) is 9.65. The van der Waals surface area contributed by atoms with Crippen molar-refractivity contribution in [3.05, 3.63) is 35.9 Å².